The van der Waals surface area contributed by atoms with Crippen molar-refractivity contribution in [2.24, 2.45) is 0 Å². The Morgan fingerprint density at radius 3 is 2.87 bits per heavy atom. The Balaban J connectivity index is 1.53. The number of nitrogens with one attached hydrogen (secondary N) is 1. The van der Waals surface area contributed by atoms with Crippen LogP contribution in [0.25, 0.3) is 0 Å². The molecular formula is C22H22FN5O3. The van der Waals surface area contributed by atoms with Gasteiger partial charge in [0.25, 0.3) is 11.8 Å². The van der Waals surface area contributed by atoms with Crippen molar-refractivity contribution in [2.75, 3.05) is 11.9 Å². The van der Waals surface area contributed by atoms with Gasteiger partial charge in [-0.25, -0.2) is 9.37 Å². The van der Waals surface area contributed by atoms with Crippen LogP contribution in [0.1, 0.15) is 28.5 Å². The molecule has 0 fully saturated rings. The van der Waals surface area contributed by atoms with Crippen LogP contribution in [0.5, 0.6) is 5.75 Å². The molecule has 1 N–H and O–H groups in total. The summed E-state index contributed by atoms with van der Waals surface area (Å²) in [6.07, 6.45) is 2.02. The fourth-order valence-corrected chi connectivity index (χ4v) is 3.53. The zero-order valence-corrected chi connectivity index (χ0v) is 17.4. The van der Waals surface area contributed by atoms with Crippen LogP contribution in [0.4, 0.5) is 10.2 Å². The van der Waals surface area contributed by atoms with Crippen molar-refractivity contribution in [2.45, 2.75) is 32.5 Å². The fraction of sp³-hybridized carbons (Fsp3) is 0.273. The van der Waals surface area contributed by atoms with Crippen molar-refractivity contribution in [3.63, 3.8) is 0 Å². The number of benzene rings is 1. The van der Waals surface area contributed by atoms with E-state index in [0.717, 1.165) is 17.3 Å². The lowest BCUT2D eigenvalue weighted by Crippen LogP contribution is -2.53. The Labute approximate surface area is 178 Å². The zero-order chi connectivity index (χ0) is 22.1. The summed E-state index contributed by atoms with van der Waals surface area (Å²) >= 11 is 0. The van der Waals surface area contributed by atoms with Crippen molar-refractivity contribution in [1.29, 1.82) is 0 Å². The molecule has 3 heterocycles. The summed E-state index contributed by atoms with van der Waals surface area (Å²) < 4.78 is 21.7. The highest BCUT2D eigenvalue weighted by Gasteiger charge is 2.37. The van der Waals surface area contributed by atoms with Gasteiger partial charge in [0.1, 0.15) is 12.1 Å². The molecule has 2 atom stereocenters. The predicted octanol–water partition coefficient (Wildman–Crippen LogP) is 2.32. The Kier molecular flexibility index (Phi) is 5.41. The predicted molar refractivity (Wildman–Crippen MR) is 111 cm³/mol. The molecule has 0 saturated heterocycles. The molecule has 1 aliphatic rings. The maximum absolute atomic E-state index is 14.5. The first-order chi connectivity index (χ1) is 14.8. The molecule has 4 rings (SSSR count). The van der Waals surface area contributed by atoms with Gasteiger partial charge >= 0.3 is 0 Å². The molecule has 0 aliphatic carbocycles. The first-order valence-electron chi connectivity index (χ1n) is 9.82. The zero-order valence-electron chi connectivity index (χ0n) is 17.4. The molecular weight excluding hydrogens is 401 g/mol. The van der Waals surface area contributed by atoms with Crippen molar-refractivity contribution in [3.05, 3.63) is 71.4 Å². The number of ether oxygens (including phenoxy) is 1. The van der Waals surface area contributed by atoms with E-state index >= 15 is 0 Å². The van der Waals surface area contributed by atoms with Gasteiger partial charge in [0, 0.05) is 13.2 Å². The minimum absolute atomic E-state index is 0.317. The van der Waals surface area contributed by atoms with Gasteiger partial charge in [0.05, 0.1) is 12.7 Å². The van der Waals surface area contributed by atoms with Gasteiger partial charge in [0.15, 0.2) is 23.1 Å². The number of aromatic nitrogens is 3. The molecule has 2 amide bonds. The van der Waals surface area contributed by atoms with Crippen molar-refractivity contribution < 1.29 is 18.7 Å². The minimum atomic E-state index is -1.03. The Morgan fingerprint density at radius 2 is 2.10 bits per heavy atom. The lowest BCUT2D eigenvalue weighted by molar-refractivity contribution is -0.121. The molecule has 0 spiro atoms. The standard InChI is InChI=1S/C22H22FN5O3/c1-13-6-4-7-15(10-13)11-28-12-16(23)19(26-28)21(29)25-18-14(2)31-17-8-5-9-24-20(17)27(3)22(18)30/h4-10,12,14,18H,11H2,1-3H3,(H,25,29)/t14-,18+/m1/s1. The van der Waals surface area contributed by atoms with Gasteiger partial charge in [-0.2, -0.15) is 5.10 Å². The highest BCUT2D eigenvalue weighted by Crippen LogP contribution is 2.29. The molecule has 3 aromatic rings. The number of rotatable bonds is 4. The van der Waals surface area contributed by atoms with Crippen LogP contribution in [-0.4, -0.2) is 45.8 Å². The number of carbonyl (C=O) groups is 2. The summed E-state index contributed by atoms with van der Waals surface area (Å²) in [4.78, 5) is 31.2. The summed E-state index contributed by atoms with van der Waals surface area (Å²) in [5.74, 6) is -1.20. The Hall–Kier alpha value is -3.75. The van der Waals surface area contributed by atoms with Crippen LogP contribution in [-0.2, 0) is 11.3 Å². The molecule has 8 nitrogen and oxygen atoms in total. The van der Waals surface area contributed by atoms with Gasteiger partial charge in [-0.1, -0.05) is 29.8 Å². The molecule has 0 unspecified atom stereocenters. The quantitative estimate of drug-likeness (QED) is 0.696. The number of nitrogens with zero attached hydrogens (tertiary/aromatic N) is 4. The number of fused-ring (bicyclic) bond motifs is 1. The van der Waals surface area contributed by atoms with Gasteiger partial charge in [-0.05, 0) is 31.5 Å². The van der Waals surface area contributed by atoms with Gasteiger partial charge in [0.2, 0.25) is 0 Å². The Morgan fingerprint density at radius 1 is 1.29 bits per heavy atom. The molecule has 0 saturated carbocycles. The van der Waals surface area contributed by atoms with Crippen LogP contribution >= 0.6 is 0 Å². The van der Waals surface area contributed by atoms with Crippen LogP contribution < -0.4 is 15.0 Å². The first-order valence-corrected chi connectivity index (χ1v) is 9.82. The van der Waals surface area contributed by atoms with Crippen LogP contribution in [0, 0.1) is 12.7 Å². The third-order valence-electron chi connectivity index (χ3n) is 5.09. The van der Waals surface area contributed by atoms with E-state index in [4.69, 9.17) is 4.74 Å². The maximum atomic E-state index is 14.5. The average molecular weight is 423 g/mol. The van der Waals surface area contributed by atoms with E-state index in [1.807, 2.05) is 31.2 Å². The summed E-state index contributed by atoms with van der Waals surface area (Å²) in [5.41, 5.74) is 1.63. The first kappa shape index (κ1) is 20.5. The summed E-state index contributed by atoms with van der Waals surface area (Å²) in [5, 5.41) is 6.65. The van der Waals surface area contributed by atoms with Gasteiger partial charge in [-0.15, -0.1) is 0 Å². The van der Waals surface area contributed by atoms with Crippen LogP contribution in [0.3, 0.4) is 0 Å². The third-order valence-corrected chi connectivity index (χ3v) is 5.09. The largest absolute Gasteiger partial charge is 0.484 e. The van der Waals surface area contributed by atoms with Gasteiger partial charge in [-0.3, -0.25) is 19.2 Å². The highest BCUT2D eigenvalue weighted by atomic mass is 19.1. The minimum Gasteiger partial charge on any atom is -0.484 e. The van der Waals surface area contributed by atoms with Gasteiger partial charge < -0.3 is 10.1 Å². The Bertz CT molecular complexity index is 1150. The van der Waals surface area contributed by atoms with Crippen molar-refractivity contribution >= 4 is 17.6 Å². The molecule has 0 bridgehead atoms. The van der Waals surface area contributed by atoms with E-state index in [2.05, 4.69) is 15.4 Å². The molecule has 1 aromatic carbocycles. The number of anilines is 1. The molecule has 31 heavy (non-hydrogen) atoms. The topological polar surface area (TPSA) is 89.4 Å². The van der Waals surface area contributed by atoms with E-state index in [-0.39, 0.29) is 5.69 Å². The number of aryl methyl sites for hydroxylation is 1. The van der Waals surface area contributed by atoms with E-state index < -0.39 is 29.8 Å². The second-order valence-electron chi connectivity index (χ2n) is 7.51. The monoisotopic (exact) mass is 423 g/mol. The maximum Gasteiger partial charge on any atom is 0.275 e. The second kappa shape index (κ2) is 8.17. The molecule has 160 valence electrons. The van der Waals surface area contributed by atoms with Crippen LogP contribution in [0.2, 0.25) is 0 Å². The SMILES string of the molecule is Cc1cccc(Cn2cc(F)c(C(=O)N[C@@H]3C(=O)N(C)c4ncccc4O[C@@H]3C)n2)c1. The van der Waals surface area contributed by atoms with E-state index in [1.54, 1.807) is 32.3 Å². The fourth-order valence-electron chi connectivity index (χ4n) is 3.53. The smallest absolute Gasteiger partial charge is 0.275 e. The number of amides is 2. The number of halogens is 1. The lowest BCUT2D eigenvalue weighted by Gasteiger charge is -2.23. The number of likely N-dealkylation sites (N-methyl/N-ethyl adjacent to an activating group) is 1. The lowest BCUT2D eigenvalue weighted by atomic mass is 10.1. The average Bonchev–Trinajstić information content (AvgIpc) is 3.07. The summed E-state index contributed by atoms with van der Waals surface area (Å²) in [7, 11) is 1.55. The van der Waals surface area contributed by atoms with E-state index in [1.165, 1.54) is 9.58 Å². The summed E-state index contributed by atoms with van der Waals surface area (Å²) in [6, 6.07) is 10.1. The van der Waals surface area contributed by atoms with E-state index in [0.29, 0.717) is 18.1 Å². The molecule has 1 aliphatic heterocycles. The van der Waals surface area contributed by atoms with E-state index in [9.17, 15) is 14.0 Å². The molecule has 9 heteroatoms. The van der Waals surface area contributed by atoms with Crippen molar-refractivity contribution in [3.8, 4) is 5.75 Å². The second-order valence-corrected chi connectivity index (χ2v) is 7.51. The van der Waals surface area contributed by atoms with Crippen molar-refractivity contribution in [1.82, 2.24) is 20.1 Å². The summed E-state index contributed by atoms with van der Waals surface area (Å²) in [6.45, 7) is 3.94. The molecule has 2 aromatic heterocycles. The van der Waals surface area contributed by atoms with Crippen LogP contribution in [0.15, 0.2) is 48.8 Å². The highest BCUT2D eigenvalue weighted by molar-refractivity contribution is 6.02. The number of hydrogen-bond donors (Lipinski definition) is 1. The number of pyridine rings is 1. The molecule has 0 radical (unpaired) electrons. The third kappa shape index (κ3) is 4.11. The number of hydrogen-bond acceptors (Lipinski definition) is 5. The normalized spacial score (nSPS) is 18.2. The number of carbonyl (C=O) groups excluding carboxylic acids is 2.